The molecule has 6 nitrogen and oxygen atoms in total. The number of amides is 1. The van der Waals surface area contributed by atoms with Crippen LogP contribution >= 0.6 is 15.9 Å². The summed E-state index contributed by atoms with van der Waals surface area (Å²) in [4.78, 5) is 23.8. The Hall–Kier alpha value is -2.38. The molecule has 2 aromatic carbocycles. The highest BCUT2D eigenvalue weighted by atomic mass is 79.9. The third-order valence-electron chi connectivity index (χ3n) is 4.13. The van der Waals surface area contributed by atoms with Crippen LogP contribution in [0.4, 0.5) is 5.69 Å². The molecule has 3 rings (SSSR count). The van der Waals surface area contributed by atoms with Gasteiger partial charge >= 0.3 is 5.97 Å². The highest BCUT2D eigenvalue weighted by Crippen LogP contribution is 2.39. The predicted molar refractivity (Wildman–Crippen MR) is 99.0 cm³/mol. The molecule has 0 fully saturated rings. The molecule has 26 heavy (non-hydrogen) atoms. The third kappa shape index (κ3) is 3.59. The molecule has 2 atom stereocenters. The van der Waals surface area contributed by atoms with Crippen LogP contribution in [0.1, 0.15) is 29.7 Å². The second kappa shape index (κ2) is 7.47. The first-order valence-corrected chi connectivity index (χ1v) is 8.76. The zero-order chi connectivity index (χ0) is 18.8. The number of nitrogens with one attached hydrogen (secondary N) is 1. The summed E-state index contributed by atoms with van der Waals surface area (Å²) >= 11 is 3.45. The van der Waals surface area contributed by atoms with E-state index in [0.29, 0.717) is 11.4 Å². The number of methoxy groups -OCH3 is 1. The Morgan fingerprint density at radius 3 is 2.69 bits per heavy atom. The summed E-state index contributed by atoms with van der Waals surface area (Å²) in [5.41, 5.74) is 3.04. The number of hydrogen-bond acceptors (Lipinski definition) is 5. The first kappa shape index (κ1) is 18.4. The van der Waals surface area contributed by atoms with Crippen LogP contribution < -0.4 is 10.1 Å². The Bertz CT molecular complexity index is 867. The zero-order valence-corrected chi connectivity index (χ0v) is 16.1. The quantitative estimate of drug-likeness (QED) is 0.767. The first-order valence-electron chi connectivity index (χ1n) is 7.97. The lowest BCUT2D eigenvalue weighted by molar-refractivity contribution is -0.187. The number of benzene rings is 2. The van der Waals surface area contributed by atoms with Crippen molar-refractivity contribution >= 4 is 33.5 Å². The summed E-state index contributed by atoms with van der Waals surface area (Å²) in [6, 6.07) is 11.1. The maximum absolute atomic E-state index is 12.4. The minimum Gasteiger partial charge on any atom is -0.496 e. The Kier molecular flexibility index (Phi) is 5.29. The molecule has 0 saturated carbocycles. The van der Waals surface area contributed by atoms with Gasteiger partial charge in [0, 0.05) is 22.6 Å². The van der Waals surface area contributed by atoms with Gasteiger partial charge in [0.15, 0.2) is 0 Å². The Morgan fingerprint density at radius 1 is 1.23 bits per heavy atom. The Morgan fingerprint density at radius 2 is 2.00 bits per heavy atom. The van der Waals surface area contributed by atoms with Gasteiger partial charge in [-0.05, 0) is 42.3 Å². The molecule has 0 aliphatic carbocycles. The summed E-state index contributed by atoms with van der Waals surface area (Å²) in [6.07, 6.45) is -1.98. The molecule has 0 saturated heterocycles. The van der Waals surface area contributed by atoms with E-state index in [4.69, 9.17) is 14.2 Å². The molecular formula is C19H18BrNO5. The number of ether oxygens (including phenoxy) is 3. The number of carbonyl (C=O) groups is 2. The molecule has 2 unspecified atom stereocenters. The van der Waals surface area contributed by atoms with Crippen molar-refractivity contribution < 1.29 is 23.8 Å². The largest absolute Gasteiger partial charge is 0.496 e. The molecule has 2 aromatic rings. The fourth-order valence-electron chi connectivity index (χ4n) is 2.92. The van der Waals surface area contributed by atoms with Crippen molar-refractivity contribution in [1.82, 2.24) is 0 Å². The van der Waals surface area contributed by atoms with Crippen LogP contribution in [-0.4, -0.2) is 25.3 Å². The van der Waals surface area contributed by atoms with Gasteiger partial charge < -0.3 is 19.5 Å². The summed E-state index contributed by atoms with van der Waals surface area (Å²) in [5.74, 6) is -0.430. The fourth-order valence-corrected chi connectivity index (χ4v) is 3.30. The molecule has 0 aromatic heterocycles. The number of fused-ring (bicyclic) bond motifs is 1. The highest BCUT2D eigenvalue weighted by molar-refractivity contribution is 9.10. The molecule has 0 spiro atoms. The van der Waals surface area contributed by atoms with Gasteiger partial charge in [-0.3, -0.25) is 9.59 Å². The zero-order valence-electron chi connectivity index (χ0n) is 14.5. The number of esters is 1. The summed E-state index contributed by atoms with van der Waals surface area (Å²) in [7, 11) is 1.59. The van der Waals surface area contributed by atoms with Gasteiger partial charge in [-0.15, -0.1) is 0 Å². The summed E-state index contributed by atoms with van der Waals surface area (Å²) in [5, 5.41) is 2.76. The molecule has 136 valence electrons. The lowest BCUT2D eigenvalue weighted by atomic mass is 9.95. The molecule has 1 N–H and O–H groups in total. The van der Waals surface area contributed by atoms with Gasteiger partial charge in [0.2, 0.25) is 0 Å². The normalized spacial score (nSPS) is 19.2. The van der Waals surface area contributed by atoms with E-state index >= 15 is 0 Å². The van der Waals surface area contributed by atoms with Crippen LogP contribution in [0.2, 0.25) is 0 Å². The van der Waals surface area contributed by atoms with E-state index in [1.807, 2.05) is 37.3 Å². The maximum atomic E-state index is 12.4. The SMILES string of the molecule is COc1cccc(C2OC(OC(C)=O)C(=O)Nc3ccc(Br)cc32)c1C. The molecule has 1 aliphatic rings. The van der Waals surface area contributed by atoms with Crippen LogP contribution in [-0.2, 0) is 19.1 Å². The number of halogens is 1. The first-order chi connectivity index (χ1) is 12.4. The number of hydrogen-bond donors (Lipinski definition) is 1. The third-order valence-corrected chi connectivity index (χ3v) is 4.62. The van der Waals surface area contributed by atoms with E-state index in [1.54, 1.807) is 13.2 Å². The highest BCUT2D eigenvalue weighted by Gasteiger charge is 2.34. The van der Waals surface area contributed by atoms with E-state index in [1.165, 1.54) is 6.92 Å². The monoisotopic (exact) mass is 419 g/mol. The lowest BCUT2D eigenvalue weighted by Gasteiger charge is -2.23. The predicted octanol–water partition coefficient (Wildman–Crippen LogP) is 3.71. The minimum absolute atomic E-state index is 0.535. The van der Waals surface area contributed by atoms with Crippen LogP contribution in [0, 0.1) is 6.92 Å². The average Bonchev–Trinajstić information content (AvgIpc) is 2.72. The topological polar surface area (TPSA) is 73.9 Å². The lowest BCUT2D eigenvalue weighted by Crippen LogP contribution is -2.33. The number of carbonyl (C=O) groups excluding carboxylic acids is 2. The number of anilines is 1. The van der Waals surface area contributed by atoms with Crippen LogP contribution in [0.3, 0.4) is 0 Å². The van der Waals surface area contributed by atoms with Crippen LogP contribution in [0.25, 0.3) is 0 Å². The average molecular weight is 420 g/mol. The second-order valence-corrected chi connectivity index (χ2v) is 6.77. The molecule has 0 radical (unpaired) electrons. The fraction of sp³-hybridized carbons (Fsp3) is 0.263. The molecule has 1 heterocycles. The minimum atomic E-state index is -1.35. The Balaban J connectivity index is 2.15. The van der Waals surface area contributed by atoms with Gasteiger partial charge in [-0.2, -0.15) is 0 Å². The van der Waals surface area contributed by atoms with Gasteiger partial charge in [-0.1, -0.05) is 28.1 Å². The number of rotatable bonds is 3. The maximum Gasteiger partial charge on any atom is 0.305 e. The van der Waals surface area contributed by atoms with E-state index < -0.39 is 24.3 Å². The van der Waals surface area contributed by atoms with E-state index in [2.05, 4.69) is 21.2 Å². The standard InChI is InChI=1S/C19H18BrNO5/c1-10-13(5-4-6-16(10)24-3)17-14-9-12(20)7-8-15(14)21-18(23)19(26-17)25-11(2)22/h4-9,17,19H,1-3H3,(H,21,23). The van der Waals surface area contributed by atoms with E-state index in [9.17, 15) is 9.59 Å². The van der Waals surface area contributed by atoms with Crippen molar-refractivity contribution in [2.45, 2.75) is 26.2 Å². The van der Waals surface area contributed by atoms with E-state index in [0.717, 1.165) is 21.2 Å². The van der Waals surface area contributed by atoms with Gasteiger partial charge in [0.1, 0.15) is 11.9 Å². The molecule has 1 aliphatic heterocycles. The van der Waals surface area contributed by atoms with Crippen LogP contribution in [0.5, 0.6) is 5.75 Å². The van der Waals surface area contributed by atoms with Gasteiger partial charge in [0.05, 0.1) is 7.11 Å². The summed E-state index contributed by atoms with van der Waals surface area (Å²) in [6.45, 7) is 3.15. The van der Waals surface area contributed by atoms with Crippen molar-refractivity contribution in [3.63, 3.8) is 0 Å². The smallest absolute Gasteiger partial charge is 0.305 e. The second-order valence-electron chi connectivity index (χ2n) is 5.85. The van der Waals surface area contributed by atoms with Crippen LogP contribution in [0.15, 0.2) is 40.9 Å². The molecular weight excluding hydrogens is 402 g/mol. The van der Waals surface area contributed by atoms with Crippen molar-refractivity contribution in [2.24, 2.45) is 0 Å². The van der Waals surface area contributed by atoms with E-state index in [-0.39, 0.29) is 0 Å². The summed E-state index contributed by atoms with van der Waals surface area (Å²) < 4.78 is 17.3. The van der Waals surface area contributed by atoms with Crippen molar-refractivity contribution in [3.05, 3.63) is 57.6 Å². The molecule has 1 amide bonds. The molecule has 7 heteroatoms. The van der Waals surface area contributed by atoms with Crippen molar-refractivity contribution in [3.8, 4) is 5.75 Å². The molecule has 0 bridgehead atoms. The van der Waals surface area contributed by atoms with Crippen molar-refractivity contribution in [2.75, 3.05) is 12.4 Å². The van der Waals surface area contributed by atoms with Crippen molar-refractivity contribution in [1.29, 1.82) is 0 Å². The Labute approximate surface area is 159 Å². The van der Waals surface area contributed by atoms with Gasteiger partial charge in [0.25, 0.3) is 12.2 Å². The van der Waals surface area contributed by atoms with Gasteiger partial charge in [-0.25, -0.2) is 0 Å².